The fourth-order valence-corrected chi connectivity index (χ4v) is 3.03. The maximum atomic E-state index is 13.7. The third-order valence-corrected chi connectivity index (χ3v) is 4.18. The summed E-state index contributed by atoms with van der Waals surface area (Å²) in [5, 5.41) is 13.5. The number of carbonyl (C=O) groups is 1. The molecule has 1 aliphatic carbocycles. The molecule has 1 fully saturated rings. The van der Waals surface area contributed by atoms with Gasteiger partial charge in [0.25, 0.3) is 5.91 Å². The first-order valence-corrected chi connectivity index (χ1v) is 7.28. The molecule has 110 valence electrons. The molecule has 0 spiro atoms. The highest BCUT2D eigenvalue weighted by Crippen LogP contribution is 2.25. The minimum absolute atomic E-state index is 0.187. The van der Waals surface area contributed by atoms with Crippen molar-refractivity contribution in [1.82, 2.24) is 5.32 Å². The summed E-state index contributed by atoms with van der Waals surface area (Å²) in [4.78, 5) is 12.3. The highest BCUT2D eigenvalue weighted by molar-refractivity contribution is 6.07. The summed E-state index contributed by atoms with van der Waals surface area (Å²) < 4.78 is 13.7. The van der Waals surface area contributed by atoms with Crippen LogP contribution in [-0.4, -0.2) is 23.7 Å². The van der Waals surface area contributed by atoms with Crippen molar-refractivity contribution in [3.63, 3.8) is 0 Å². The monoisotopic (exact) mass is 287 g/mol. The number of carbonyl (C=O) groups excluding carboxylic acids is 1. The van der Waals surface area contributed by atoms with Crippen LogP contribution in [0.3, 0.4) is 0 Å². The molecule has 1 aliphatic rings. The van der Waals surface area contributed by atoms with E-state index in [1.54, 1.807) is 24.3 Å². The van der Waals surface area contributed by atoms with Crippen molar-refractivity contribution in [3.05, 3.63) is 47.8 Å². The first-order valence-electron chi connectivity index (χ1n) is 7.28. The van der Waals surface area contributed by atoms with Crippen LogP contribution in [0.2, 0.25) is 0 Å². The molecule has 2 unspecified atom stereocenters. The van der Waals surface area contributed by atoms with E-state index in [4.69, 9.17) is 0 Å². The van der Waals surface area contributed by atoms with E-state index >= 15 is 0 Å². The van der Waals surface area contributed by atoms with Crippen LogP contribution >= 0.6 is 0 Å². The normalized spacial score (nSPS) is 21.6. The van der Waals surface area contributed by atoms with Crippen molar-refractivity contribution >= 4 is 16.7 Å². The number of nitrogens with one attached hydrogen (secondary N) is 1. The molecular formula is C17H18FNO2. The number of fused-ring (bicyclic) bond motifs is 1. The highest BCUT2D eigenvalue weighted by atomic mass is 19.1. The van der Waals surface area contributed by atoms with Crippen LogP contribution in [0, 0.1) is 11.7 Å². The zero-order valence-electron chi connectivity index (χ0n) is 11.7. The number of halogens is 1. The fraction of sp³-hybridized carbons (Fsp3) is 0.353. The SMILES string of the molecule is O=C(NCC1CCC(O)C1)c1ccc(F)c2ccccc12. The molecule has 2 aromatic carbocycles. The molecule has 2 N–H and O–H groups in total. The summed E-state index contributed by atoms with van der Waals surface area (Å²) in [5.41, 5.74) is 0.491. The lowest BCUT2D eigenvalue weighted by Crippen LogP contribution is -2.28. The predicted molar refractivity (Wildman–Crippen MR) is 79.6 cm³/mol. The highest BCUT2D eigenvalue weighted by Gasteiger charge is 2.23. The first-order chi connectivity index (χ1) is 10.1. The summed E-state index contributed by atoms with van der Waals surface area (Å²) in [6.45, 7) is 0.557. The molecule has 2 aromatic rings. The minimum atomic E-state index is -0.318. The second-order valence-electron chi connectivity index (χ2n) is 5.68. The molecule has 0 aromatic heterocycles. The summed E-state index contributed by atoms with van der Waals surface area (Å²) in [7, 11) is 0. The third-order valence-electron chi connectivity index (χ3n) is 4.18. The van der Waals surface area contributed by atoms with Gasteiger partial charge >= 0.3 is 0 Å². The van der Waals surface area contributed by atoms with Crippen LogP contribution in [-0.2, 0) is 0 Å². The quantitative estimate of drug-likeness (QED) is 0.912. The average molecular weight is 287 g/mol. The number of aliphatic hydroxyl groups excluding tert-OH is 1. The number of amides is 1. The van der Waals surface area contributed by atoms with Crippen molar-refractivity contribution in [2.75, 3.05) is 6.54 Å². The molecule has 1 saturated carbocycles. The van der Waals surface area contributed by atoms with Crippen molar-refractivity contribution in [3.8, 4) is 0 Å². The summed E-state index contributed by atoms with van der Waals surface area (Å²) in [6.07, 6.45) is 2.24. The van der Waals surface area contributed by atoms with Gasteiger partial charge < -0.3 is 10.4 Å². The van der Waals surface area contributed by atoms with E-state index in [0.29, 0.717) is 28.8 Å². The van der Waals surface area contributed by atoms with Gasteiger partial charge in [0, 0.05) is 17.5 Å². The van der Waals surface area contributed by atoms with E-state index in [1.807, 2.05) is 0 Å². The Kier molecular flexibility index (Phi) is 3.88. The summed E-state index contributed by atoms with van der Waals surface area (Å²) in [5.74, 6) is -0.177. The maximum Gasteiger partial charge on any atom is 0.251 e. The molecule has 0 aliphatic heterocycles. The van der Waals surface area contributed by atoms with Gasteiger partial charge in [-0.15, -0.1) is 0 Å². The standard InChI is InChI=1S/C17H18FNO2/c18-16-8-7-15(13-3-1-2-4-14(13)16)17(21)19-10-11-5-6-12(20)9-11/h1-4,7-8,11-12,20H,5-6,9-10H2,(H,19,21). The van der Waals surface area contributed by atoms with E-state index in [1.165, 1.54) is 12.1 Å². The Morgan fingerprint density at radius 2 is 1.95 bits per heavy atom. The molecule has 4 heteroatoms. The molecule has 0 saturated heterocycles. The number of aliphatic hydroxyl groups is 1. The molecule has 3 nitrogen and oxygen atoms in total. The molecule has 0 radical (unpaired) electrons. The smallest absolute Gasteiger partial charge is 0.251 e. The number of hydrogen-bond acceptors (Lipinski definition) is 2. The number of hydrogen-bond donors (Lipinski definition) is 2. The summed E-state index contributed by atoms with van der Waals surface area (Å²) >= 11 is 0. The Morgan fingerprint density at radius 1 is 1.19 bits per heavy atom. The molecule has 0 bridgehead atoms. The van der Waals surface area contributed by atoms with E-state index < -0.39 is 0 Å². The van der Waals surface area contributed by atoms with Crippen molar-refractivity contribution in [2.24, 2.45) is 5.92 Å². The van der Waals surface area contributed by atoms with Crippen LogP contribution in [0.25, 0.3) is 10.8 Å². The van der Waals surface area contributed by atoms with E-state index in [0.717, 1.165) is 19.3 Å². The van der Waals surface area contributed by atoms with Gasteiger partial charge in [-0.1, -0.05) is 24.3 Å². The Balaban J connectivity index is 1.77. The lowest BCUT2D eigenvalue weighted by atomic mass is 10.0. The number of rotatable bonds is 3. The number of benzene rings is 2. The molecular weight excluding hydrogens is 269 g/mol. The zero-order valence-corrected chi connectivity index (χ0v) is 11.7. The Labute approximate surface area is 122 Å². The largest absolute Gasteiger partial charge is 0.393 e. The Morgan fingerprint density at radius 3 is 2.67 bits per heavy atom. The molecule has 21 heavy (non-hydrogen) atoms. The van der Waals surface area contributed by atoms with Crippen LogP contribution < -0.4 is 5.32 Å². The van der Waals surface area contributed by atoms with Crippen molar-refractivity contribution in [2.45, 2.75) is 25.4 Å². The van der Waals surface area contributed by atoms with Crippen LogP contribution in [0.4, 0.5) is 4.39 Å². The van der Waals surface area contributed by atoms with Crippen LogP contribution in [0.15, 0.2) is 36.4 Å². The molecule has 3 rings (SSSR count). The van der Waals surface area contributed by atoms with Gasteiger partial charge in [0.1, 0.15) is 5.82 Å². The lowest BCUT2D eigenvalue weighted by molar-refractivity contribution is 0.0946. The average Bonchev–Trinajstić information content (AvgIpc) is 2.91. The van der Waals surface area contributed by atoms with Gasteiger partial charge in [-0.2, -0.15) is 0 Å². The van der Waals surface area contributed by atoms with Crippen molar-refractivity contribution < 1.29 is 14.3 Å². The first kappa shape index (κ1) is 14.0. The van der Waals surface area contributed by atoms with Gasteiger partial charge in [-0.3, -0.25) is 4.79 Å². The maximum absolute atomic E-state index is 13.7. The van der Waals surface area contributed by atoms with Crippen LogP contribution in [0.5, 0.6) is 0 Å². The minimum Gasteiger partial charge on any atom is -0.393 e. The summed E-state index contributed by atoms with van der Waals surface area (Å²) in [6, 6.07) is 9.84. The van der Waals surface area contributed by atoms with Gasteiger partial charge in [0.05, 0.1) is 6.10 Å². The van der Waals surface area contributed by atoms with Gasteiger partial charge in [0.15, 0.2) is 0 Å². The zero-order chi connectivity index (χ0) is 14.8. The van der Waals surface area contributed by atoms with Crippen LogP contribution in [0.1, 0.15) is 29.6 Å². The van der Waals surface area contributed by atoms with E-state index in [9.17, 15) is 14.3 Å². The van der Waals surface area contributed by atoms with Gasteiger partial charge in [-0.25, -0.2) is 4.39 Å². The van der Waals surface area contributed by atoms with Crippen molar-refractivity contribution in [1.29, 1.82) is 0 Å². The topological polar surface area (TPSA) is 49.3 Å². The second-order valence-corrected chi connectivity index (χ2v) is 5.68. The Hall–Kier alpha value is -1.94. The van der Waals surface area contributed by atoms with E-state index in [2.05, 4.69) is 5.32 Å². The molecule has 0 heterocycles. The van der Waals surface area contributed by atoms with E-state index in [-0.39, 0.29) is 17.8 Å². The predicted octanol–water partition coefficient (Wildman–Crippen LogP) is 2.87. The fourth-order valence-electron chi connectivity index (χ4n) is 3.03. The van der Waals surface area contributed by atoms with Gasteiger partial charge in [0.2, 0.25) is 0 Å². The third kappa shape index (κ3) is 2.90. The lowest BCUT2D eigenvalue weighted by Gasteiger charge is -2.12. The molecule has 1 amide bonds. The second kappa shape index (κ2) is 5.82. The van der Waals surface area contributed by atoms with Gasteiger partial charge in [-0.05, 0) is 42.7 Å². The Bertz CT molecular complexity index is 671. The molecule has 2 atom stereocenters.